The molecule has 0 bridgehead atoms. The lowest BCUT2D eigenvalue weighted by atomic mass is 10.1. The molecule has 0 fully saturated rings. The van der Waals surface area contributed by atoms with Crippen molar-refractivity contribution in [3.05, 3.63) is 63.7 Å². The number of hydrogen-bond acceptors (Lipinski definition) is 5. The van der Waals surface area contributed by atoms with Crippen LogP contribution < -0.4 is 10.6 Å². The van der Waals surface area contributed by atoms with Gasteiger partial charge in [-0.3, -0.25) is 14.9 Å². The summed E-state index contributed by atoms with van der Waals surface area (Å²) in [6.07, 6.45) is 0. The van der Waals surface area contributed by atoms with Gasteiger partial charge in [-0.2, -0.15) is 0 Å². The number of nitrogens with zero attached hydrogens (tertiary/aromatic N) is 1. The van der Waals surface area contributed by atoms with Crippen molar-refractivity contribution in [3.63, 3.8) is 0 Å². The number of methoxy groups -OCH3 is 1. The third-order valence-corrected chi connectivity index (χ3v) is 3.39. The number of amides is 1. The molecule has 0 unspecified atom stereocenters. The fourth-order valence-electron chi connectivity index (χ4n) is 2.11. The highest BCUT2D eigenvalue weighted by Gasteiger charge is 2.17. The van der Waals surface area contributed by atoms with E-state index in [9.17, 15) is 14.9 Å². The van der Waals surface area contributed by atoms with Gasteiger partial charge in [0, 0.05) is 37.2 Å². The monoisotopic (exact) mass is 329 g/mol. The maximum atomic E-state index is 12.5. The molecule has 1 amide bonds. The molecule has 0 aliphatic rings. The van der Waals surface area contributed by atoms with E-state index in [2.05, 4.69) is 10.6 Å². The van der Waals surface area contributed by atoms with Crippen molar-refractivity contribution in [3.8, 4) is 0 Å². The summed E-state index contributed by atoms with van der Waals surface area (Å²) in [5.41, 5.74) is 2.29. The topological polar surface area (TPSA) is 93.5 Å². The average Bonchev–Trinajstić information content (AvgIpc) is 2.57. The van der Waals surface area contributed by atoms with Crippen molar-refractivity contribution in [2.45, 2.75) is 6.92 Å². The fourth-order valence-corrected chi connectivity index (χ4v) is 2.11. The number of benzene rings is 2. The maximum Gasteiger partial charge on any atom is 0.270 e. The van der Waals surface area contributed by atoms with E-state index >= 15 is 0 Å². The maximum absolute atomic E-state index is 12.5. The van der Waals surface area contributed by atoms with Crippen molar-refractivity contribution in [1.82, 2.24) is 0 Å². The van der Waals surface area contributed by atoms with E-state index in [1.165, 1.54) is 18.2 Å². The Balaban J connectivity index is 2.26. The van der Waals surface area contributed by atoms with E-state index in [-0.39, 0.29) is 11.3 Å². The molecule has 126 valence electrons. The molecule has 7 heteroatoms. The molecule has 0 aliphatic heterocycles. The lowest BCUT2D eigenvalue weighted by Crippen LogP contribution is -2.16. The summed E-state index contributed by atoms with van der Waals surface area (Å²) in [4.78, 5) is 23.0. The summed E-state index contributed by atoms with van der Waals surface area (Å²) in [7, 11) is 1.57. The van der Waals surface area contributed by atoms with E-state index in [1.54, 1.807) is 19.2 Å². The molecule has 0 atom stereocenters. The molecule has 0 saturated heterocycles. The highest BCUT2D eigenvalue weighted by molar-refractivity contribution is 6.08. The number of rotatable bonds is 7. The molecule has 2 rings (SSSR count). The number of hydrogen-bond donors (Lipinski definition) is 2. The molecular weight excluding hydrogens is 310 g/mol. The van der Waals surface area contributed by atoms with Crippen molar-refractivity contribution in [2.24, 2.45) is 0 Å². The SMILES string of the molecule is COCCNc1ccc([N+](=O)[O-])cc1C(=O)Nc1ccc(C)cc1. The molecule has 24 heavy (non-hydrogen) atoms. The van der Waals surface area contributed by atoms with Crippen LogP contribution in [0.3, 0.4) is 0 Å². The van der Waals surface area contributed by atoms with Gasteiger partial charge in [-0.15, -0.1) is 0 Å². The Kier molecular flexibility index (Phi) is 5.86. The van der Waals surface area contributed by atoms with Gasteiger partial charge >= 0.3 is 0 Å². The second kappa shape index (κ2) is 8.07. The van der Waals surface area contributed by atoms with E-state index < -0.39 is 10.8 Å². The minimum absolute atomic E-state index is 0.138. The number of ether oxygens (including phenoxy) is 1. The molecule has 2 aromatic rings. The van der Waals surface area contributed by atoms with Gasteiger partial charge in [-0.05, 0) is 25.1 Å². The average molecular weight is 329 g/mol. The van der Waals surface area contributed by atoms with Crippen LogP contribution in [-0.4, -0.2) is 31.1 Å². The number of aryl methyl sites for hydroxylation is 1. The van der Waals surface area contributed by atoms with Gasteiger partial charge in [0.25, 0.3) is 11.6 Å². The summed E-state index contributed by atoms with van der Waals surface area (Å²) in [5, 5.41) is 16.8. The Bertz CT molecular complexity index is 729. The number of non-ortho nitro benzene ring substituents is 1. The summed E-state index contributed by atoms with van der Waals surface area (Å²) >= 11 is 0. The van der Waals surface area contributed by atoms with E-state index in [0.717, 1.165) is 5.56 Å². The molecule has 0 aliphatic carbocycles. The standard InChI is InChI=1S/C17H19N3O4/c1-12-3-5-13(6-4-12)19-17(21)15-11-14(20(22)23)7-8-16(15)18-9-10-24-2/h3-8,11,18H,9-10H2,1-2H3,(H,19,21). The number of anilines is 2. The van der Waals surface area contributed by atoms with E-state index in [4.69, 9.17) is 4.74 Å². The van der Waals surface area contributed by atoms with Crippen LogP contribution in [0, 0.1) is 17.0 Å². The van der Waals surface area contributed by atoms with Gasteiger partial charge in [0.1, 0.15) is 0 Å². The first-order chi connectivity index (χ1) is 11.5. The normalized spacial score (nSPS) is 10.2. The molecule has 0 aromatic heterocycles. The summed E-state index contributed by atoms with van der Waals surface area (Å²) < 4.78 is 4.96. The molecular formula is C17H19N3O4. The van der Waals surface area contributed by atoms with Crippen LogP contribution in [-0.2, 0) is 4.74 Å². The first-order valence-electron chi connectivity index (χ1n) is 7.40. The molecule has 0 spiro atoms. The minimum atomic E-state index is -0.526. The number of carbonyl (C=O) groups excluding carboxylic acids is 1. The van der Waals surface area contributed by atoms with Gasteiger partial charge < -0.3 is 15.4 Å². The van der Waals surface area contributed by atoms with Crippen molar-refractivity contribution in [2.75, 3.05) is 30.9 Å². The molecule has 7 nitrogen and oxygen atoms in total. The van der Waals surface area contributed by atoms with Gasteiger partial charge in [0.05, 0.1) is 17.1 Å². The first-order valence-corrected chi connectivity index (χ1v) is 7.40. The van der Waals surface area contributed by atoms with Crippen molar-refractivity contribution in [1.29, 1.82) is 0 Å². The summed E-state index contributed by atoms with van der Waals surface area (Å²) in [6, 6.07) is 11.5. The highest BCUT2D eigenvalue weighted by Crippen LogP contribution is 2.23. The predicted octanol–water partition coefficient (Wildman–Crippen LogP) is 3.21. The van der Waals surface area contributed by atoms with Gasteiger partial charge in [-0.1, -0.05) is 17.7 Å². The zero-order chi connectivity index (χ0) is 17.5. The van der Waals surface area contributed by atoms with Gasteiger partial charge in [0.15, 0.2) is 0 Å². The fraction of sp³-hybridized carbons (Fsp3) is 0.235. The Morgan fingerprint density at radius 2 is 1.92 bits per heavy atom. The van der Waals surface area contributed by atoms with Gasteiger partial charge in [0.2, 0.25) is 0 Å². The largest absolute Gasteiger partial charge is 0.383 e. The highest BCUT2D eigenvalue weighted by atomic mass is 16.6. The number of nitrogens with one attached hydrogen (secondary N) is 2. The van der Waals surface area contributed by atoms with Crippen LogP contribution in [0.15, 0.2) is 42.5 Å². The Morgan fingerprint density at radius 3 is 2.54 bits per heavy atom. The van der Waals surface area contributed by atoms with Gasteiger partial charge in [-0.25, -0.2) is 0 Å². The van der Waals surface area contributed by atoms with Crippen LogP contribution >= 0.6 is 0 Å². The third kappa shape index (κ3) is 4.53. The Morgan fingerprint density at radius 1 is 1.21 bits per heavy atom. The minimum Gasteiger partial charge on any atom is -0.383 e. The number of carbonyl (C=O) groups is 1. The lowest BCUT2D eigenvalue weighted by Gasteiger charge is -2.12. The molecule has 0 heterocycles. The lowest BCUT2D eigenvalue weighted by molar-refractivity contribution is -0.384. The van der Waals surface area contributed by atoms with Crippen LogP contribution in [0.5, 0.6) is 0 Å². The molecule has 0 radical (unpaired) electrons. The number of nitro benzene ring substituents is 1. The number of nitro groups is 1. The van der Waals surface area contributed by atoms with E-state index in [1.807, 2.05) is 19.1 Å². The van der Waals surface area contributed by atoms with Crippen molar-refractivity contribution < 1.29 is 14.5 Å². The van der Waals surface area contributed by atoms with Crippen LogP contribution in [0.25, 0.3) is 0 Å². The van der Waals surface area contributed by atoms with Crippen molar-refractivity contribution >= 4 is 23.0 Å². The van der Waals surface area contributed by atoms with Crippen LogP contribution in [0.1, 0.15) is 15.9 Å². The quantitative estimate of drug-likeness (QED) is 0.462. The zero-order valence-electron chi connectivity index (χ0n) is 13.5. The van der Waals surface area contributed by atoms with E-state index in [0.29, 0.717) is 24.5 Å². The van der Waals surface area contributed by atoms with Crippen LogP contribution in [0.4, 0.5) is 17.1 Å². The second-order valence-corrected chi connectivity index (χ2v) is 5.23. The Labute approximate surface area is 139 Å². The first kappa shape index (κ1) is 17.4. The second-order valence-electron chi connectivity index (χ2n) is 5.23. The summed E-state index contributed by atoms with van der Waals surface area (Å²) in [6.45, 7) is 2.89. The molecule has 0 saturated carbocycles. The summed E-state index contributed by atoms with van der Waals surface area (Å²) in [5.74, 6) is -0.414. The molecule has 2 aromatic carbocycles. The predicted molar refractivity (Wildman–Crippen MR) is 92.6 cm³/mol. The molecule has 2 N–H and O–H groups in total. The van der Waals surface area contributed by atoms with Crippen LogP contribution in [0.2, 0.25) is 0 Å². The smallest absolute Gasteiger partial charge is 0.270 e. The zero-order valence-corrected chi connectivity index (χ0v) is 13.5. The Hall–Kier alpha value is -2.93. The third-order valence-electron chi connectivity index (χ3n) is 3.39.